The van der Waals surface area contributed by atoms with Crippen LogP contribution in [0.4, 0.5) is 5.69 Å². The van der Waals surface area contributed by atoms with Crippen molar-refractivity contribution in [2.45, 2.75) is 31.7 Å². The molecule has 0 unspecified atom stereocenters. The van der Waals surface area contributed by atoms with Crippen LogP contribution in [0.5, 0.6) is 0 Å². The van der Waals surface area contributed by atoms with Gasteiger partial charge in [-0.3, -0.25) is 4.79 Å². The molecule has 1 N–H and O–H groups in total. The minimum absolute atomic E-state index is 0.0529. The molecule has 3 rings (SSSR count). The number of nitrogens with one attached hydrogen (secondary N) is 1. The van der Waals surface area contributed by atoms with Crippen molar-refractivity contribution < 1.29 is 13.2 Å². The van der Waals surface area contributed by atoms with Crippen LogP contribution < -0.4 is 5.32 Å². The SMILES string of the molecule is CCc1cc(Br)cc(C)c1NC(=O)CN(Cc1ccc(Cl)c(Cl)c1)S(=O)(=O)c1ccc(Br)cc1. The first-order valence-electron chi connectivity index (χ1n) is 10.3. The Morgan fingerprint density at radius 1 is 0.971 bits per heavy atom. The molecule has 3 aromatic rings. The van der Waals surface area contributed by atoms with Gasteiger partial charge in [0.05, 0.1) is 21.5 Å². The summed E-state index contributed by atoms with van der Waals surface area (Å²) in [6.45, 7) is 3.46. The lowest BCUT2D eigenvalue weighted by Crippen LogP contribution is -2.37. The highest BCUT2D eigenvalue weighted by molar-refractivity contribution is 9.10. The molecule has 0 radical (unpaired) electrons. The van der Waals surface area contributed by atoms with Crippen LogP contribution in [0.15, 0.2) is 68.4 Å². The Morgan fingerprint density at radius 3 is 2.26 bits per heavy atom. The Bertz CT molecular complexity index is 1320. The van der Waals surface area contributed by atoms with Crippen LogP contribution in [0, 0.1) is 6.92 Å². The Balaban J connectivity index is 1.94. The number of amides is 1. The van der Waals surface area contributed by atoms with Crippen LogP contribution >= 0.6 is 55.1 Å². The molecule has 5 nitrogen and oxygen atoms in total. The van der Waals surface area contributed by atoms with E-state index in [9.17, 15) is 13.2 Å². The number of hydrogen-bond acceptors (Lipinski definition) is 3. The maximum atomic E-state index is 13.5. The third-order valence-electron chi connectivity index (χ3n) is 5.14. The van der Waals surface area contributed by atoms with Gasteiger partial charge in [0.2, 0.25) is 15.9 Å². The predicted octanol–water partition coefficient (Wildman–Crippen LogP) is 7.22. The molecule has 0 aliphatic rings. The first-order valence-corrected chi connectivity index (χ1v) is 14.1. The number of carbonyl (C=O) groups is 1. The molecular formula is C24H22Br2Cl2N2O3S. The summed E-state index contributed by atoms with van der Waals surface area (Å²) >= 11 is 18.9. The van der Waals surface area contributed by atoms with Gasteiger partial charge in [-0.15, -0.1) is 0 Å². The fraction of sp³-hybridized carbons (Fsp3) is 0.208. The number of hydrogen-bond donors (Lipinski definition) is 1. The van der Waals surface area contributed by atoms with E-state index in [1.807, 2.05) is 26.0 Å². The lowest BCUT2D eigenvalue weighted by Gasteiger charge is -2.23. The first-order chi connectivity index (χ1) is 16.0. The van der Waals surface area contributed by atoms with E-state index in [4.69, 9.17) is 23.2 Å². The Morgan fingerprint density at radius 2 is 1.65 bits per heavy atom. The highest BCUT2D eigenvalue weighted by Crippen LogP contribution is 2.28. The normalized spacial score (nSPS) is 11.6. The van der Waals surface area contributed by atoms with Crippen molar-refractivity contribution in [2.75, 3.05) is 11.9 Å². The molecule has 1 amide bonds. The van der Waals surface area contributed by atoms with Gasteiger partial charge in [-0.25, -0.2) is 8.42 Å². The van der Waals surface area contributed by atoms with Crippen LogP contribution in [0.2, 0.25) is 10.0 Å². The molecular weight excluding hydrogens is 627 g/mol. The number of anilines is 1. The van der Waals surface area contributed by atoms with Crippen LogP contribution in [0.3, 0.4) is 0 Å². The van der Waals surface area contributed by atoms with Gasteiger partial charge >= 0.3 is 0 Å². The van der Waals surface area contributed by atoms with E-state index in [-0.39, 0.29) is 18.0 Å². The lowest BCUT2D eigenvalue weighted by atomic mass is 10.1. The van der Waals surface area contributed by atoms with Crippen molar-refractivity contribution in [3.63, 3.8) is 0 Å². The number of halogens is 4. The second kappa shape index (κ2) is 11.5. The van der Waals surface area contributed by atoms with E-state index in [0.29, 0.717) is 27.7 Å². The van der Waals surface area contributed by atoms with E-state index < -0.39 is 15.9 Å². The number of nitrogens with zero attached hydrogens (tertiary/aromatic N) is 1. The van der Waals surface area contributed by atoms with Crippen LogP contribution in [-0.2, 0) is 27.8 Å². The fourth-order valence-corrected chi connectivity index (χ4v) is 6.02. The van der Waals surface area contributed by atoms with Crippen molar-refractivity contribution in [3.05, 3.63) is 90.3 Å². The Kier molecular flexibility index (Phi) is 9.23. The summed E-state index contributed by atoms with van der Waals surface area (Å²) in [4.78, 5) is 13.2. The third-order valence-corrected chi connectivity index (χ3v) is 8.67. The average Bonchev–Trinajstić information content (AvgIpc) is 2.77. The van der Waals surface area contributed by atoms with E-state index >= 15 is 0 Å². The number of benzene rings is 3. The highest BCUT2D eigenvalue weighted by Gasteiger charge is 2.27. The summed E-state index contributed by atoms with van der Waals surface area (Å²) in [5.74, 6) is -0.444. The number of sulfonamides is 1. The summed E-state index contributed by atoms with van der Waals surface area (Å²) in [6, 6.07) is 15.0. The quantitative estimate of drug-likeness (QED) is 0.281. The summed E-state index contributed by atoms with van der Waals surface area (Å²) in [5, 5.41) is 3.58. The summed E-state index contributed by atoms with van der Waals surface area (Å²) in [7, 11) is -3.99. The average molecular weight is 649 g/mol. The minimum Gasteiger partial charge on any atom is -0.324 e. The lowest BCUT2D eigenvalue weighted by molar-refractivity contribution is -0.116. The van der Waals surface area contributed by atoms with Gasteiger partial charge in [0, 0.05) is 21.2 Å². The molecule has 0 saturated carbocycles. The molecule has 180 valence electrons. The highest BCUT2D eigenvalue weighted by atomic mass is 79.9. The molecule has 0 spiro atoms. The second-order valence-electron chi connectivity index (χ2n) is 7.63. The van der Waals surface area contributed by atoms with Gasteiger partial charge in [-0.1, -0.05) is 68.1 Å². The minimum atomic E-state index is -3.99. The molecule has 0 aliphatic heterocycles. The molecule has 34 heavy (non-hydrogen) atoms. The number of rotatable bonds is 8. The van der Waals surface area contributed by atoms with Gasteiger partial charge < -0.3 is 5.32 Å². The topological polar surface area (TPSA) is 66.5 Å². The summed E-state index contributed by atoms with van der Waals surface area (Å²) < 4.78 is 29.8. The van der Waals surface area contributed by atoms with Crippen molar-refractivity contribution in [2.24, 2.45) is 0 Å². The van der Waals surface area contributed by atoms with E-state index in [2.05, 4.69) is 37.2 Å². The van der Waals surface area contributed by atoms with Crippen LogP contribution in [0.1, 0.15) is 23.6 Å². The van der Waals surface area contributed by atoms with Gasteiger partial charge in [0.25, 0.3) is 0 Å². The maximum Gasteiger partial charge on any atom is 0.243 e. The van der Waals surface area contributed by atoms with E-state index in [1.165, 1.54) is 12.1 Å². The zero-order valence-electron chi connectivity index (χ0n) is 18.4. The van der Waals surface area contributed by atoms with Gasteiger partial charge in [0.15, 0.2) is 0 Å². The number of carbonyl (C=O) groups excluding carboxylic acids is 1. The van der Waals surface area contributed by atoms with E-state index in [1.54, 1.807) is 30.3 Å². The molecule has 0 aromatic heterocycles. The Labute approximate surface area is 226 Å². The molecule has 0 saturated heterocycles. The van der Waals surface area contributed by atoms with Gasteiger partial charge in [-0.05, 0) is 78.6 Å². The molecule has 0 fully saturated rings. The molecule has 0 bridgehead atoms. The van der Waals surface area contributed by atoms with Crippen molar-refractivity contribution in [1.82, 2.24) is 4.31 Å². The smallest absolute Gasteiger partial charge is 0.243 e. The van der Waals surface area contributed by atoms with Gasteiger partial charge in [0.1, 0.15) is 0 Å². The molecule has 10 heteroatoms. The molecule has 0 heterocycles. The standard InChI is InChI=1S/C24H22Br2Cl2N2O3S/c1-3-17-12-19(26)10-15(2)24(17)29-23(31)14-30(13-16-4-9-21(27)22(28)11-16)34(32,33)20-7-5-18(25)6-8-20/h4-12H,3,13-14H2,1-2H3,(H,29,31). The maximum absolute atomic E-state index is 13.5. The largest absolute Gasteiger partial charge is 0.324 e. The van der Waals surface area contributed by atoms with Crippen LogP contribution in [0.25, 0.3) is 0 Å². The summed E-state index contributed by atoms with van der Waals surface area (Å²) in [5.41, 5.74) is 3.13. The number of aryl methyl sites for hydroxylation is 2. The third kappa shape index (κ3) is 6.62. The van der Waals surface area contributed by atoms with Crippen molar-refractivity contribution in [1.29, 1.82) is 0 Å². The summed E-state index contributed by atoms with van der Waals surface area (Å²) in [6.07, 6.45) is 0.708. The van der Waals surface area contributed by atoms with Gasteiger partial charge in [-0.2, -0.15) is 4.31 Å². The van der Waals surface area contributed by atoms with Crippen LogP contribution in [-0.4, -0.2) is 25.2 Å². The predicted molar refractivity (Wildman–Crippen MR) is 145 cm³/mol. The Hall–Kier alpha value is -1.42. The molecule has 0 aliphatic carbocycles. The molecule has 0 atom stereocenters. The van der Waals surface area contributed by atoms with Crippen molar-refractivity contribution in [3.8, 4) is 0 Å². The second-order valence-corrected chi connectivity index (χ2v) is 12.2. The molecule has 3 aromatic carbocycles. The van der Waals surface area contributed by atoms with Crippen molar-refractivity contribution >= 4 is 76.7 Å². The zero-order valence-corrected chi connectivity index (χ0v) is 23.9. The fourth-order valence-electron chi connectivity index (χ4n) is 3.43. The first kappa shape index (κ1) is 27.2. The monoisotopic (exact) mass is 646 g/mol. The van der Waals surface area contributed by atoms with E-state index in [0.717, 1.165) is 24.4 Å². The zero-order chi connectivity index (χ0) is 25.0.